The van der Waals surface area contributed by atoms with Crippen molar-refractivity contribution in [3.63, 3.8) is 0 Å². The third-order valence-electron chi connectivity index (χ3n) is 13.2. The number of pyridine rings is 1. The van der Waals surface area contributed by atoms with E-state index in [2.05, 4.69) is 28.2 Å². The second kappa shape index (κ2) is 28.1. The number of ether oxygens (including phenoxy) is 2. The molecule has 1 aromatic heterocycles. The molecule has 2 fully saturated rings. The van der Waals surface area contributed by atoms with E-state index in [4.69, 9.17) is 34.7 Å². The molecule has 2 saturated carbocycles. The van der Waals surface area contributed by atoms with Crippen molar-refractivity contribution in [2.45, 2.75) is 147 Å². The molecule has 0 unspecified atom stereocenters. The zero-order valence-corrected chi connectivity index (χ0v) is 40.6. The van der Waals surface area contributed by atoms with Crippen LogP contribution in [0.5, 0.6) is 0 Å². The fourth-order valence-electron chi connectivity index (χ4n) is 9.93. The average Bonchev–Trinajstić information content (AvgIpc) is 3.32. The first-order valence-electron chi connectivity index (χ1n) is 23.4. The van der Waals surface area contributed by atoms with Crippen LogP contribution in [0.1, 0.15) is 139 Å². The molecule has 64 heavy (non-hydrogen) atoms. The predicted octanol–water partition coefficient (Wildman–Crippen LogP) is 8.39. The van der Waals surface area contributed by atoms with Crippen molar-refractivity contribution in [1.82, 2.24) is 26.3 Å². The van der Waals surface area contributed by atoms with Crippen LogP contribution >= 0.6 is 20.2 Å². The van der Waals surface area contributed by atoms with Crippen LogP contribution in [-0.2, 0) is 64.5 Å². The second-order valence-corrected chi connectivity index (χ2v) is 19.4. The molecule has 0 amide bonds. The number of ketones is 2. The van der Waals surface area contributed by atoms with Crippen LogP contribution in [0.3, 0.4) is 0 Å². The molecule has 0 saturated heterocycles. The van der Waals surface area contributed by atoms with E-state index in [0.717, 1.165) is 94.8 Å². The van der Waals surface area contributed by atoms with Crippen LogP contribution in [-0.4, -0.2) is 80.0 Å². The topological polar surface area (TPSA) is 148 Å². The summed E-state index contributed by atoms with van der Waals surface area (Å²) in [6.07, 6.45) is 12.3. The van der Waals surface area contributed by atoms with Gasteiger partial charge in [0.15, 0.2) is 11.6 Å². The number of aromatic nitrogens is 1. The average molecular weight is 962 g/mol. The Morgan fingerprint density at radius 1 is 0.641 bits per heavy atom. The molecule has 3 aromatic rings. The molecule has 2 aromatic carbocycles. The predicted molar refractivity (Wildman–Crippen MR) is 250 cm³/mol. The number of esters is 2. The number of benzene rings is 2. The van der Waals surface area contributed by atoms with E-state index in [0.29, 0.717) is 60.4 Å². The molecule has 11 nitrogen and oxygen atoms in total. The Hall–Kier alpha value is -3.19. The van der Waals surface area contributed by atoms with Gasteiger partial charge in [-0.05, 0) is 68.1 Å². The number of hydrogen-bond acceptors (Lipinski definition) is 11. The molecule has 0 radical (unpaired) electrons. The second-order valence-electron chi connectivity index (χ2n) is 17.5. The zero-order valence-electron chi connectivity index (χ0n) is 37.9. The summed E-state index contributed by atoms with van der Waals surface area (Å²) >= 11 is 0.00694. The number of nitrogens with one attached hydrogen (secondary N) is 4. The van der Waals surface area contributed by atoms with Gasteiger partial charge in [0.25, 0.3) is 0 Å². The Balaban J connectivity index is 0.00000250. The van der Waals surface area contributed by atoms with E-state index in [9.17, 15) is 9.59 Å². The number of hydrogen-bond donors (Lipinski definition) is 4. The van der Waals surface area contributed by atoms with Crippen molar-refractivity contribution < 1.29 is 41.8 Å². The summed E-state index contributed by atoms with van der Waals surface area (Å²) in [6, 6.07) is 20.3. The van der Waals surface area contributed by atoms with Gasteiger partial charge in [-0.25, -0.2) is 0 Å². The number of methoxy groups -OCH3 is 2. The maximum absolute atomic E-state index is 15.2. The first-order valence-corrected chi connectivity index (χ1v) is 26.6. The summed E-state index contributed by atoms with van der Waals surface area (Å²) in [6.45, 7) is 4.55. The summed E-state index contributed by atoms with van der Waals surface area (Å²) in [4.78, 5) is 62.7. The van der Waals surface area contributed by atoms with E-state index >= 15 is 9.59 Å². The third kappa shape index (κ3) is 15.4. The van der Waals surface area contributed by atoms with Crippen LogP contribution in [0.2, 0.25) is 0 Å². The third-order valence-corrected chi connectivity index (χ3v) is 13.2. The fraction of sp³-hybridized carbons (Fsp3) is 0.580. The van der Waals surface area contributed by atoms with Gasteiger partial charge in [0.1, 0.15) is 0 Å². The molecule has 6 rings (SSSR count). The Labute approximate surface area is 395 Å². The quantitative estimate of drug-likeness (QED) is 0.0475. The number of halogens is 2. The van der Waals surface area contributed by atoms with Gasteiger partial charge in [0.05, 0.1) is 37.4 Å². The first kappa shape index (κ1) is 51.8. The summed E-state index contributed by atoms with van der Waals surface area (Å²) in [5.41, 5.74) is 4.62. The van der Waals surface area contributed by atoms with Gasteiger partial charge in [0.2, 0.25) is 0 Å². The molecule has 351 valence electrons. The molecular formula is C50H69Cl2MnN5O6. The Kier molecular flexibility index (Phi) is 22.7. The van der Waals surface area contributed by atoms with Crippen LogP contribution in [0.15, 0.2) is 60.7 Å². The minimum atomic E-state index is -0.733. The number of carbonyl (C=O) groups is 4. The molecule has 1 aliphatic heterocycles. The van der Waals surface area contributed by atoms with Gasteiger partial charge in [-0.15, -0.1) is 0 Å². The summed E-state index contributed by atoms with van der Waals surface area (Å²) in [5.74, 6) is -2.82. The van der Waals surface area contributed by atoms with E-state index in [1.54, 1.807) is 0 Å². The molecule has 14 heteroatoms. The van der Waals surface area contributed by atoms with E-state index in [-0.39, 0.29) is 61.7 Å². The Morgan fingerprint density at radius 2 is 1.03 bits per heavy atom. The SMILES string of the molecule is CCCCCc1c(C(=O)C[C@@H](Cc2ccccc2)C(=O)OC)c2nc(c1C(=O)C[C@@H](Cc1ccccc1)C(=O)OC)CN[C@@H]1CCCC[C@H]1NCCN[C@@H]1CCCC[C@H]1NC2.[Cl][Mn][Cl]. The minimum absolute atomic E-state index is 0.00694. The van der Waals surface area contributed by atoms with Crippen molar-refractivity contribution in [2.75, 3.05) is 27.3 Å². The first-order chi connectivity index (χ1) is 31.2. The van der Waals surface area contributed by atoms with Crippen LogP contribution in [0, 0.1) is 11.8 Å². The van der Waals surface area contributed by atoms with Crippen molar-refractivity contribution >= 4 is 43.7 Å². The van der Waals surface area contributed by atoms with Crippen molar-refractivity contribution in [2.24, 2.45) is 11.8 Å². The molecule has 0 spiro atoms. The van der Waals surface area contributed by atoms with Crippen molar-refractivity contribution in [3.05, 3.63) is 99.9 Å². The summed E-state index contributed by atoms with van der Waals surface area (Å²) in [5, 5.41) is 15.4. The Bertz CT molecular complexity index is 1800. The van der Waals surface area contributed by atoms with Gasteiger partial charge in [-0.3, -0.25) is 24.2 Å². The van der Waals surface area contributed by atoms with Crippen molar-refractivity contribution in [3.8, 4) is 0 Å². The summed E-state index contributed by atoms with van der Waals surface area (Å²) in [7, 11) is 12.3. The molecule has 4 N–H and O–H groups in total. The van der Waals surface area contributed by atoms with Gasteiger partial charge < -0.3 is 30.7 Å². The van der Waals surface area contributed by atoms with Crippen molar-refractivity contribution in [1.29, 1.82) is 0 Å². The Morgan fingerprint density at radius 3 is 1.41 bits per heavy atom. The van der Waals surface area contributed by atoms with Gasteiger partial charge in [-0.2, -0.15) is 0 Å². The van der Waals surface area contributed by atoms with Crippen LogP contribution in [0.4, 0.5) is 0 Å². The van der Waals surface area contributed by atoms with Gasteiger partial charge in [-0.1, -0.05) is 106 Å². The number of rotatable bonds is 16. The zero-order chi connectivity index (χ0) is 45.7. The van der Waals surface area contributed by atoms with Gasteiger partial charge >= 0.3 is 45.3 Å². The standard InChI is InChI=1S/C50H69N5O6.2ClH.Mn/c1-4-5-8-21-38-47(45(56)30-36(49(58)60-2)28-34-17-9-6-10-18-34)43-32-53-41-24-15-13-22-39(41)51-26-27-52-40-23-14-16-25-42(40)54-33-44(55-43)48(38)46(57)31-37(50(59)61-3)29-35-19-11-7-12-20-35;;;/h6-7,9-12,17-20,36-37,39-42,51-54H,4-5,8,13-16,21-33H2,1-3H3;2*1H;/q;;;+2/p-2/t36-,37-,39-,40-,41-,42-;;;/m1.../s1. The van der Waals surface area contributed by atoms with E-state index < -0.39 is 23.8 Å². The van der Waals surface area contributed by atoms with E-state index in [1.807, 2.05) is 60.7 Å². The number of unbranched alkanes of at least 4 members (excludes halogenated alkanes) is 2. The normalized spacial score (nSPS) is 21.2. The molecule has 2 aliphatic carbocycles. The molecular weight excluding hydrogens is 892 g/mol. The molecule has 6 atom stereocenters. The molecule has 2 bridgehead atoms. The molecule has 2 heterocycles. The maximum atomic E-state index is 15.2. The fourth-order valence-corrected chi connectivity index (χ4v) is 9.93. The monoisotopic (exact) mass is 960 g/mol. The number of carbonyl (C=O) groups excluding carboxylic acids is 4. The number of nitrogens with zero attached hydrogens (tertiary/aromatic N) is 1. The summed E-state index contributed by atoms with van der Waals surface area (Å²) < 4.78 is 10.6. The van der Waals surface area contributed by atoms with Gasteiger partial charge in [0, 0.05) is 74.3 Å². The number of fused-ring (bicyclic) bond motifs is 4. The van der Waals surface area contributed by atoms with Crippen LogP contribution < -0.4 is 21.3 Å². The van der Waals surface area contributed by atoms with E-state index in [1.165, 1.54) is 14.2 Å². The van der Waals surface area contributed by atoms with Crippen LogP contribution in [0.25, 0.3) is 0 Å². The number of Topliss-reactive ketones (excluding diaryl/α,β-unsaturated/α-hetero) is 2. The molecule has 3 aliphatic rings.